The first-order valence-corrected chi connectivity index (χ1v) is 12.0. The van der Waals surface area contributed by atoms with Crippen LogP contribution in [0.5, 0.6) is 0 Å². The van der Waals surface area contributed by atoms with Gasteiger partial charge in [0.25, 0.3) is 0 Å². The fraction of sp³-hybridized carbons (Fsp3) is 0.320. The van der Waals surface area contributed by atoms with Gasteiger partial charge in [0.2, 0.25) is 0 Å². The van der Waals surface area contributed by atoms with E-state index in [0.29, 0.717) is 41.2 Å². The van der Waals surface area contributed by atoms with Gasteiger partial charge in [0.05, 0.1) is 43.5 Å². The number of benzene rings is 1. The molecule has 2 aliphatic heterocycles. The second kappa shape index (κ2) is 11.2. The van der Waals surface area contributed by atoms with E-state index in [1.165, 1.54) is 23.4 Å². The summed E-state index contributed by atoms with van der Waals surface area (Å²) in [4.78, 5) is 45.5. The van der Waals surface area contributed by atoms with Gasteiger partial charge in [-0.25, -0.2) is 13.9 Å². The van der Waals surface area contributed by atoms with Crippen LogP contribution in [-0.4, -0.2) is 74.2 Å². The molecule has 3 aromatic rings. The maximum Gasteiger partial charge on any atom is 0.414 e. The molecule has 4 heterocycles. The van der Waals surface area contributed by atoms with E-state index in [1.54, 1.807) is 35.1 Å². The first-order valence-electron chi connectivity index (χ1n) is 12.0. The quantitative estimate of drug-likeness (QED) is 0.380. The molecule has 0 saturated carbocycles. The van der Waals surface area contributed by atoms with Crippen molar-refractivity contribution in [3.63, 3.8) is 0 Å². The topological polar surface area (TPSA) is 158 Å². The molecular formula is C25H23FN6O7. The summed E-state index contributed by atoms with van der Waals surface area (Å²) in [5, 5.41) is 20.2. The van der Waals surface area contributed by atoms with E-state index in [2.05, 4.69) is 20.5 Å². The van der Waals surface area contributed by atoms with Crippen molar-refractivity contribution in [3.8, 4) is 11.1 Å². The molecule has 14 heteroatoms. The number of amides is 1. The molecule has 1 unspecified atom stereocenters. The number of nitrogens with zero attached hydrogens (tertiary/aromatic N) is 6. The van der Waals surface area contributed by atoms with Crippen molar-refractivity contribution in [2.75, 3.05) is 18.1 Å². The Labute approximate surface area is 220 Å². The molecule has 5 rings (SSSR count). The predicted octanol–water partition coefficient (Wildman–Crippen LogP) is 2.41. The largest absolute Gasteiger partial charge is 0.481 e. The summed E-state index contributed by atoms with van der Waals surface area (Å²) >= 11 is 0. The molecule has 1 aromatic carbocycles. The summed E-state index contributed by atoms with van der Waals surface area (Å²) in [6, 6.07) is 7.87. The molecule has 1 N–H and O–H groups in total. The summed E-state index contributed by atoms with van der Waals surface area (Å²) in [5.74, 6) is -2.23. The van der Waals surface area contributed by atoms with E-state index in [-0.39, 0.29) is 26.0 Å². The van der Waals surface area contributed by atoms with E-state index in [1.807, 2.05) is 0 Å². The van der Waals surface area contributed by atoms with Crippen molar-refractivity contribution in [2.45, 2.75) is 38.0 Å². The minimum absolute atomic E-state index is 0.0626. The summed E-state index contributed by atoms with van der Waals surface area (Å²) in [7, 11) is 0. The minimum atomic E-state index is -1.08. The van der Waals surface area contributed by atoms with Crippen molar-refractivity contribution >= 4 is 29.4 Å². The standard InChI is InChI=1S/C25H23FN6O7/c26-20-9-16(32-13-18(38-25(32)36)12-31-8-7-28-30-31)2-3-19(20)15-1-4-21(27-11-15)22-10-17(39-29-22)14-37-24(35)6-5-23(33)34/h1-4,7-9,11,17-18H,5-6,10,12-14H2,(H,33,34)/t17?,18-/m0/s1. The zero-order valence-corrected chi connectivity index (χ0v) is 20.5. The fourth-order valence-electron chi connectivity index (χ4n) is 4.13. The number of carbonyl (C=O) groups excluding carboxylic acids is 2. The average molecular weight is 538 g/mol. The second-order valence-corrected chi connectivity index (χ2v) is 8.88. The van der Waals surface area contributed by atoms with Gasteiger partial charge >= 0.3 is 18.0 Å². The lowest BCUT2D eigenvalue weighted by Gasteiger charge is -2.14. The van der Waals surface area contributed by atoms with Crippen LogP contribution in [0.3, 0.4) is 0 Å². The van der Waals surface area contributed by atoms with Crippen LogP contribution < -0.4 is 4.90 Å². The number of oxime groups is 1. The lowest BCUT2D eigenvalue weighted by atomic mass is 10.0. The number of aromatic nitrogens is 4. The minimum Gasteiger partial charge on any atom is -0.481 e. The van der Waals surface area contributed by atoms with Gasteiger partial charge in [-0.15, -0.1) is 5.10 Å². The molecule has 0 aliphatic carbocycles. The lowest BCUT2D eigenvalue weighted by Crippen LogP contribution is -2.26. The predicted molar refractivity (Wildman–Crippen MR) is 131 cm³/mol. The van der Waals surface area contributed by atoms with Gasteiger partial charge in [0, 0.05) is 29.9 Å². The zero-order valence-electron chi connectivity index (χ0n) is 20.5. The Balaban J connectivity index is 1.17. The number of carbonyl (C=O) groups is 3. The van der Waals surface area contributed by atoms with E-state index < -0.39 is 36.1 Å². The Morgan fingerprint density at radius 1 is 1.18 bits per heavy atom. The van der Waals surface area contributed by atoms with Gasteiger partial charge in [-0.2, -0.15) is 0 Å². The molecule has 0 bridgehead atoms. The Bertz CT molecular complexity index is 1400. The molecule has 0 spiro atoms. The van der Waals surface area contributed by atoms with E-state index >= 15 is 4.39 Å². The Morgan fingerprint density at radius 3 is 2.77 bits per heavy atom. The average Bonchev–Trinajstić information content (AvgIpc) is 3.68. The van der Waals surface area contributed by atoms with Gasteiger partial charge in [0.1, 0.15) is 24.2 Å². The number of aliphatic carboxylic acids is 1. The van der Waals surface area contributed by atoms with Crippen LogP contribution in [-0.2, 0) is 30.4 Å². The molecule has 39 heavy (non-hydrogen) atoms. The molecular weight excluding hydrogens is 515 g/mol. The van der Waals surface area contributed by atoms with E-state index in [0.717, 1.165) is 0 Å². The van der Waals surface area contributed by atoms with Gasteiger partial charge in [-0.3, -0.25) is 19.5 Å². The summed E-state index contributed by atoms with van der Waals surface area (Å²) in [6.45, 7) is 0.531. The molecule has 2 aromatic heterocycles. The van der Waals surface area contributed by atoms with Crippen LogP contribution in [0.4, 0.5) is 14.9 Å². The van der Waals surface area contributed by atoms with Gasteiger partial charge in [-0.05, 0) is 24.3 Å². The summed E-state index contributed by atoms with van der Waals surface area (Å²) in [5.41, 5.74) is 2.27. The Morgan fingerprint density at radius 2 is 2.05 bits per heavy atom. The number of carboxylic acids is 1. The molecule has 202 valence electrons. The number of esters is 1. The summed E-state index contributed by atoms with van der Waals surface area (Å²) < 4.78 is 27.0. The third kappa shape index (κ3) is 6.17. The fourth-order valence-corrected chi connectivity index (χ4v) is 4.13. The highest BCUT2D eigenvalue weighted by Crippen LogP contribution is 2.29. The number of anilines is 1. The van der Waals surface area contributed by atoms with Crippen molar-refractivity contribution in [3.05, 3.63) is 60.4 Å². The number of hydrogen-bond donors (Lipinski definition) is 1. The number of hydrogen-bond acceptors (Lipinski definition) is 10. The van der Waals surface area contributed by atoms with Crippen LogP contribution in [0.15, 0.2) is 54.1 Å². The maximum absolute atomic E-state index is 15.1. The molecule has 1 saturated heterocycles. The van der Waals surface area contributed by atoms with Crippen molar-refractivity contribution in [2.24, 2.45) is 5.16 Å². The maximum atomic E-state index is 15.1. The van der Waals surface area contributed by atoms with Crippen LogP contribution in [0, 0.1) is 5.82 Å². The van der Waals surface area contributed by atoms with Gasteiger partial charge < -0.3 is 19.4 Å². The number of cyclic esters (lactones) is 1. The highest BCUT2D eigenvalue weighted by Gasteiger charge is 2.33. The second-order valence-electron chi connectivity index (χ2n) is 8.88. The smallest absolute Gasteiger partial charge is 0.414 e. The SMILES string of the molecule is O=C(O)CCC(=O)OCC1CC(c2ccc(-c3ccc(N4C[C@H](Cn5ccnn5)OC4=O)cc3F)cn2)=NO1. The number of ether oxygens (including phenoxy) is 2. The Hall–Kier alpha value is -4.88. The number of rotatable bonds is 10. The highest BCUT2D eigenvalue weighted by molar-refractivity contribution is 5.99. The number of halogens is 1. The number of pyridine rings is 1. The van der Waals surface area contributed by atoms with Crippen molar-refractivity contribution in [1.82, 2.24) is 20.0 Å². The highest BCUT2D eigenvalue weighted by atomic mass is 19.1. The molecule has 13 nitrogen and oxygen atoms in total. The van der Waals surface area contributed by atoms with Gasteiger partial charge in [-0.1, -0.05) is 16.4 Å². The molecule has 1 amide bonds. The van der Waals surface area contributed by atoms with Crippen LogP contribution >= 0.6 is 0 Å². The molecule has 2 atom stereocenters. The monoisotopic (exact) mass is 538 g/mol. The normalized spacial score (nSPS) is 18.4. The molecule has 2 aliphatic rings. The Kier molecular flexibility index (Phi) is 7.43. The van der Waals surface area contributed by atoms with E-state index in [4.69, 9.17) is 19.4 Å². The van der Waals surface area contributed by atoms with E-state index in [9.17, 15) is 14.4 Å². The van der Waals surface area contributed by atoms with Gasteiger partial charge in [0.15, 0.2) is 6.10 Å². The van der Waals surface area contributed by atoms with Crippen molar-refractivity contribution in [1.29, 1.82) is 0 Å². The molecule has 1 fully saturated rings. The summed E-state index contributed by atoms with van der Waals surface area (Å²) in [6.07, 6.45) is 3.01. The third-order valence-electron chi connectivity index (χ3n) is 6.08. The third-order valence-corrected chi connectivity index (χ3v) is 6.08. The lowest BCUT2D eigenvalue weighted by molar-refractivity contribution is -0.150. The van der Waals surface area contributed by atoms with Crippen molar-refractivity contribution < 1.29 is 38.2 Å². The number of carboxylic acid groups (broad SMARTS) is 1. The zero-order chi connectivity index (χ0) is 27.4. The molecule has 0 radical (unpaired) electrons. The van der Waals surface area contributed by atoms with Crippen LogP contribution in [0.1, 0.15) is 25.0 Å². The first kappa shape index (κ1) is 25.8. The van der Waals surface area contributed by atoms with Crippen LogP contribution in [0.2, 0.25) is 0 Å². The first-order chi connectivity index (χ1) is 18.9. The van der Waals surface area contributed by atoms with Crippen LogP contribution in [0.25, 0.3) is 11.1 Å².